The van der Waals surface area contributed by atoms with Crippen molar-refractivity contribution in [2.45, 2.75) is 13.8 Å². The molecule has 0 bridgehead atoms. The SMILES string of the molecule is CCN(C)CCNC(=O)Nc1ncccc1C. The summed E-state index contributed by atoms with van der Waals surface area (Å²) in [6, 6.07) is 3.54. The lowest BCUT2D eigenvalue weighted by atomic mass is 10.3. The van der Waals surface area contributed by atoms with E-state index in [0.29, 0.717) is 12.4 Å². The van der Waals surface area contributed by atoms with Gasteiger partial charge in [-0.2, -0.15) is 0 Å². The van der Waals surface area contributed by atoms with E-state index < -0.39 is 0 Å². The van der Waals surface area contributed by atoms with Gasteiger partial charge in [0.2, 0.25) is 0 Å². The van der Waals surface area contributed by atoms with Gasteiger partial charge in [-0.1, -0.05) is 13.0 Å². The fourth-order valence-corrected chi connectivity index (χ4v) is 1.29. The third kappa shape index (κ3) is 4.82. The van der Waals surface area contributed by atoms with Crippen molar-refractivity contribution in [1.29, 1.82) is 0 Å². The number of aryl methyl sites for hydroxylation is 1. The summed E-state index contributed by atoms with van der Waals surface area (Å²) in [6.45, 7) is 6.43. The van der Waals surface area contributed by atoms with E-state index in [1.807, 2.05) is 26.1 Å². The first-order valence-corrected chi connectivity index (χ1v) is 5.78. The van der Waals surface area contributed by atoms with Crippen LogP contribution in [0.15, 0.2) is 18.3 Å². The van der Waals surface area contributed by atoms with Crippen LogP contribution in [0.3, 0.4) is 0 Å². The number of hydrogen-bond acceptors (Lipinski definition) is 3. The van der Waals surface area contributed by atoms with Gasteiger partial charge in [0, 0.05) is 19.3 Å². The van der Waals surface area contributed by atoms with Crippen LogP contribution in [-0.4, -0.2) is 42.6 Å². The van der Waals surface area contributed by atoms with Gasteiger partial charge in [-0.3, -0.25) is 5.32 Å². The Morgan fingerprint density at radius 2 is 2.29 bits per heavy atom. The van der Waals surface area contributed by atoms with E-state index in [0.717, 1.165) is 18.7 Å². The topological polar surface area (TPSA) is 57.3 Å². The molecule has 2 N–H and O–H groups in total. The van der Waals surface area contributed by atoms with Crippen LogP contribution in [0.1, 0.15) is 12.5 Å². The van der Waals surface area contributed by atoms with Gasteiger partial charge in [0.15, 0.2) is 0 Å². The molecule has 5 nitrogen and oxygen atoms in total. The maximum atomic E-state index is 11.6. The highest BCUT2D eigenvalue weighted by molar-refractivity contribution is 5.88. The summed E-state index contributed by atoms with van der Waals surface area (Å²) < 4.78 is 0. The van der Waals surface area contributed by atoms with Gasteiger partial charge in [0.05, 0.1) is 0 Å². The lowest BCUT2D eigenvalue weighted by Crippen LogP contribution is -2.35. The molecule has 2 amide bonds. The van der Waals surface area contributed by atoms with Crippen molar-refractivity contribution in [3.8, 4) is 0 Å². The molecule has 0 aliphatic heterocycles. The van der Waals surface area contributed by atoms with Crippen molar-refractivity contribution in [2.24, 2.45) is 0 Å². The van der Waals surface area contributed by atoms with Gasteiger partial charge in [-0.25, -0.2) is 9.78 Å². The highest BCUT2D eigenvalue weighted by atomic mass is 16.2. The van der Waals surface area contributed by atoms with E-state index in [1.54, 1.807) is 6.20 Å². The minimum Gasteiger partial charge on any atom is -0.337 e. The zero-order chi connectivity index (χ0) is 12.7. The molecule has 0 aromatic carbocycles. The number of likely N-dealkylation sites (N-methyl/N-ethyl adjacent to an activating group) is 1. The van der Waals surface area contributed by atoms with E-state index in [2.05, 4.69) is 27.4 Å². The van der Waals surface area contributed by atoms with Crippen molar-refractivity contribution < 1.29 is 4.79 Å². The first-order chi connectivity index (χ1) is 8.13. The summed E-state index contributed by atoms with van der Waals surface area (Å²) in [7, 11) is 2.02. The summed E-state index contributed by atoms with van der Waals surface area (Å²) in [5.41, 5.74) is 0.952. The third-order valence-electron chi connectivity index (χ3n) is 2.56. The maximum absolute atomic E-state index is 11.6. The summed E-state index contributed by atoms with van der Waals surface area (Å²) >= 11 is 0. The number of hydrogen-bond donors (Lipinski definition) is 2. The Hall–Kier alpha value is -1.62. The van der Waals surface area contributed by atoms with E-state index >= 15 is 0 Å². The number of pyridine rings is 1. The Morgan fingerprint density at radius 3 is 2.94 bits per heavy atom. The molecule has 1 aromatic heterocycles. The lowest BCUT2D eigenvalue weighted by molar-refractivity contribution is 0.249. The molecule has 0 atom stereocenters. The van der Waals surface area contributed by atoms with E-state index in [4.69, 9.17) is 0 Å². The van der Waals surface area contributed by atoms with Crippen LogP contribution < -0.4 is 10.6 Å². The van der Waals surface area contributed by atoms with E-state index in [9.17, 15) is 4.79 Å². The molecular formula is C12H20N4O. The van der Waals surface area contributed by atoms with Crippen molar-refractivity contribution >= 4 is 11.8 Å². The standard InChI is InChI=1S/C12H20N4O/c1-4-16(3)9-8-14-12(17)15-11-10(2)6-5-7-13-11/h5-7H,4,8-9H2,1-3H3,(H2,13,14,15,17). The highest BCUT2D eigenvalue weighted by Crippen LogP contribution is 2.08. The number of rotatable bonds is 5. The van der Waals surface area contributed by atoms with Crippen LogP contribution >= 0.6 is 0 Å². The van der Waals surface area contributed by atoms with Gasteiger partial charge in [0.1, 0.15) is 5.82 Å². The molecule has 0 unspecified atom stereocenters. The minimum atomic E-state index is -0.212. The largest absolute Gasteiger partial charge is 0.337 e. The highest BCUT2D eigenvalue weighted by Gasteiger charge is 2.04. The Morgan fingerprint density at radius 1 is 1.53 bits per heavy atom. The lowest BCUT2D eigenvalue weighted by Gasteiger charge is -2.14. The minimum absolute atomic E-state index is 0.212. The van der Waals surface area contributed by atoms with Crippen molar-refractivity contribution in [1.82, 2.24) is 15.2 Å². The third-order valence-corrected chi connectivity index (χ3v) is 2.56. The van der Waals surface area contributed by atoms with Crippen LogP contribution in [0, 0.1) is 6.92 Å². The molecule has 94 valence electrons. The first kappa shape index (κ1) is 13.4. The van der Waals surface area contributed by atoms with Gasteiger partial charge in [-0.05, 0) is 32.1 Å². The Balaban J connectivity index is 2.33. The number of carbonyl (C=O) groups is 1. The summed E-state index contributed by atoms with van der Waals surface area (Å²) in [4.78, 5) is 17.8. The van der Waals surface area contributed by atoms with Crippen LogP contribution in [0.5, 0.6) is 0 Å². The second kappa shape index (κ2) is 6.85. The van der Waals surface area contributed by atoms with E-state index in [1.165, 1.54) is 0 Å². The van der Waals surface area contributed by atoms with Crippen molar-refractivity contribution in [3.63, 3.8) is 0 Å². The quantitative estimate of drug-likeness (QED) is 0.814. The van der Waals surface area contributed by atoms with Crippen LogP contribution in [-0.2, 0) is 0 Å². The Bertz CT molecular complexity index is 367. The molecule has 0 aliphatic carbocycles. The zero-order valence-electron chi connectivity index (χ0n) is 10.7. The molecule has 1 heterocycles. The molecular weight excluding hydrogens is 216 g/mol. The molecule has 1 rings (SSSR count). The van der Waals surface area contributed by atoms with Crippen LogP contribution in [0.25, 0.3) is 0 Å². The number of carbonyl (C=O) groups excluding carboxylic acids is 1. The predicted octanol–water partition coefficient (Wildman–Crippen LogP) is 1.46. The zero-order valence-corrected chi connectivity index (χ0v) is 10.7. The fourth-order valence-electron chi connectivity index (χ4n) is 1.29. The molecule has 0 saturated heterocycles. The van der Waals surface area contributed by atoms with Crippen molar-refractivity contribution in [2.75, 3.05) is 32.0 Å². The molecule has 1 aromatic rings. The summed E-state index contributed by atoms with van der Waals surface area (Å²) in [6.07, 6.45) is 1.66. The average Bonchev–Trinajstić information content (AvgIpc) is 2.32. The summed E-state index contributed by atoms with van der Waals surface area (Å²) in [5.74, 6) is 0.605. The second-order valence-corrected chi connectivity index (χ2v) is 3.95. The van der Waals surface area contributed by atoms with Gasteiger partial charge in [0.25, 0.3) is 0 Å². The molecule has 5 heteroatoms. The Labute approximate surface area is 102 Å². The number of anilines is 1. The maximum Gasteiger partial charge on any atom is 0.320 e. The number of nitrogens with zero attached hydrogens (tertiary/aromatic N) is 2. The van der Waals surface area contributed by atoms with Gasteiger partial charge in [-0.15, -0.1) is 0 Å². The molecule has 0 spiro atoms. The predicted molar refractivity (Wildman–Crippen MR) is 69.2 cm³/mol. The van der Waals surface area contributed by atoms with E-state index in [-0.39, 0.29) is 6.03 Å². The molecule has 0 saturated carbocycles. The fraction of sp³-hybridized carbons (Fsp3) is 0.500. The molecule has 0 radical (unpaired) electrons. The van der Waals surface area contributed by atoms with Gasteiger partial charge >= 0.3 is 6.03 Å². The normalized spacial score (nSPS) is 10.4. The smallest absolute Gasteiger partial charge is 0.320 e. The number of aromatic nitrogens is 1. The molecule has 0 aliphatic rings. The number of amides is 2. The van der Waals surface area contributed by atoms with Crippen molar-refractivity contribution in [3.05, 3.63) is 23.9 Å². The summed E-state index contributed by atoms with van der Waals surface area (Å²) in [5, 5.41) is 5.51. The molecule has 17 heavy (non-hydrogen) atoms. The second-order valence-electron chi connectivity index (χ2n) is 3.95. The molecule has 0 fully saturated rings. The monoisotopic (exact) mass is 236 g/mol. The van der Waals surface area contributed by atoms with Gasteiger partial charge < -0.3 is 10.2 Å². The number of urea groups is 1. The van der Waals surface area contributed by atoms with Crippen LogP contribution in [0.4, 0.5) is 10.6 Å². The Kier molecular flexibility index (Phi) is 5.42. The number of nitrogens with one attached hydrogen (secondary N) is 2. The van der Waals surface area contributed by atoms with Crippen LogP contribution in [0.2, 0.25) is 0 Å². The average molecular weight is 236 g/mol. The first-order valence-electron chi connectivity index (χ1n) is 5.78.